The highest BCUT2D eigenvalue weighted by atomic mass is 16.5. The Morgan fingerprint density at radius 1 is 1.12 bits per heavy atom. The predicted molar refractivity (Wildman–Crippen MR) is 70.5 cm³/mol. The summed E-state index contributed by atoms with van der Waals surface area (Å²) in [4.78, 5) is 0. The van der Waals surface area contributed by atoms with Crippen LogP contribution in [0.3, 0.4) is 0 Å². The van der Waals surface area contributed by atoms with Crippen LogP contribution in [0, 0.1) is 0 Å². The Hall–Kier alpha value is -1.54. The summed E-state index contributed by atoms with van der Waals surface area (Å²) in [5.74, 6) is 0.997. The van der Waals surface area contributed by atoms with Crippen molar-refractivity contribution in [1.29, 1.82) is 0 Å². The number of rotatable bonds is 3. The number of ether oxygens (including phenoxy) is 1. The average Bonchev–Trinajstić information content (AvgIpc) is 2.89. The first kappa shape index (κ1) is 10.6. The molecule has 0 spiro atoms. The van der Waals surface area contributed by atoms with E-state index in [4.69, 9.17) is 4.74 Å². The van der Waals surface area contributed by atoms with Gasteiger partial charge in [0.2, 0.25) is 0 Å². The van der Waals surface area contributed by atoms with Crippen LogP contribution in [0.4, 0.5) is 0 Å². The van der Waals surface area contributed by atoms with Gasteiger partial charge >= 0.3 is 0 Å². The van der Waals surface area contributed by atoms with Gasteiger partial charge in [0.05, 0.1) is 0 Å². The lowest BCUT2D eigenvalue weighted by Gasteiger charge is -2.13. The van der Waals surface area contributed by atoms with Crippen molar-refractivity contribution in [1.82, 2.24) is 5.32 Å². The van der Waals surface area contributed by atoms with Crippen molar-refractivity contribution < 1.29 is 4.74 Å². The number of hydrogen-bond donors (Lipinski definition) is 1. The third kappa shape index (κ3) is 2.27. The topological polar surface area (TPSA) is 21.3 Å². The summed E-state index contributed by atoms with van der Waals surface area (Å²) >= 11 is 0. The van der Waals surface area contributed by atoms with Crippen molar-refractivity contribution in [3.05, 3.63) is 42.5 Å². The zero-order valence-electron chi connectivity index (χ0n) is 9.86. The molecule has 1 aliphatic heterocycles. The summed E-state index contributed by atoms with van der Waals surface area (Å²) in [7, 11) is 0. The molecule has 0 radical (unpaired) electrons. The van der Waals surface area contributed by atoms with Crippen molar-refractivity contribution in [2.24, 2.45) is 0 Å². The quantitative estimate of drug-likeness (QED) is 0.870. The second-order valence-corrected chi connectivity index (χ2v) is 4.58. The highest BCUT2D eigenvalue weighted by molar-refractivity contribution is 5.88. The van der Waals surface area contributed by atoms with Crippen LogP contribution in [0.15, 0.2) is 42.5 Å². The van der Waals surface area contributed by atoms with Gasteiger partial charge in [0, 0.05) is 11.4 Å². The Morgan fingerprint density at radius 3 is 2.88 bits per heavy atom. The SMILES string of the molecule is c1ccc2c(OC[C@@H]3CCCN3)cccc2c1. The number of fused-ring (bicyclic) bond motifs is 1. The van der Waals surface area contributed by atoms with Gasteiger partial charge in [-0.1, -0.05) is 36.4 Å². The zero-order valence-corrected chi connectivity index (χ0v) is 9.86. The van der Waals surface area contributed by atoms with Crippen LogP contribution in [-0.2, 0) is 0 Å². The van der Waals surface area contributed by atoms with Crippen LogP contribution in [0.2, 0.25) is 0 Å². The Balaban J connectivity index is 1.79. The van der Waals surface area contributed by atoms with Gasteiger partial charge in [0.25, 0.3) is 0 Å². The van der Waals surface area contributed by atoms with Gasteiger partial charge in [0.15, 0.2) is 0 Å². The molecule has 17 heavy (non-hydrogen) atoms. The lowest BCUT2D eigenvalue weighted by Crippen LogP contribution is -2.28. The van der Waals surface area contributed by atoms with Crippen LogP contribution >= 0.6 is 0 Å². The Bertz CT molecular complexity index is 498. The maximum Gasteiger partial charge on any atom is 0.127 e. The van der Waals surface area contributed by atoms with Gasteiger partial charge in [-0.15, -0.1) is 0 Å². The first-order valence-electron chi connectivity index (χ1n) is 6.27. The van der Waals surface area contributed by atoms with Crippen molar-refractivity contribution >= 4 is 10.8 Å². The summed E-state index contributed by atoms with van der Waals surface area (Å²) < 4.78 is 5.94. The normalized spacial score (nSPS) is 19.6. The fourth-order valence-electron chi connectivity index (χ4n) is 2.41. The first-order valence-corrected chi connectivity index (χ1v) is 6.27. The summed E-state index contributed by atoms with van der Waals surface area (Å²) in [5, 5.41) is 5.89. The Morgan fingerprint density at radius 2 is 2.00 bits per heavy atom. The van der Waals surface area contributed by atoms with E-state index in [2.05, 4.69) is 47.8 Å². The molecule has 2 heteroatoms. The minimum absolute atomic E-state index is 0.522. The lowest BCUT2D eigenvalue weighted by atomic mass is 10.1. The number of nitrogens with one attached hydrogen (secondary N) is 1. The van der Waals surface area contributed by atoms with E-state index in [9.17, 15) is 0 Å². The molecule has 1 saturated heterocycles. The van der Waals surface area contributed by atoms with Crippen molar-refractivity contribution in [3.63, 3.8) is 0 Å². The minimum atomic E-state index is 0.522. The molecule has 1 aliphatic rings. The van der Waals surface area contributed by atoms with E-state index in [1.54, 1.807) is 0 Å². The molecule has 1 heterocycles. The summed E-state index contributed by atoms with van der Waals surface area (Å²) in [6, 6.07) is 15.1. The van der Waals surface area contributed by atoms with E-state index in [-0.39, 0.29) is 0 Å². The van der Waals surface area contributed by atoms with Gasteiger partial charge in [-0.2, -0.15) is 0 Å². The molecular weight excluding hydrogens is 210 g/mol. The van der Waals surface area contributed by atoms with E-state index in [1.165, 1.54) is 23.6 Å². The van der Waals surface area contributed by atoms with Crippen LogP contribution in [-0.4, -0.2) is 19.2 Å². The van der Waals surface area contributed by atoms with Crippen LogP contribution < -0.4 is 10.1 Å². The second-order valence-electron chi connectivity index (χ2n) is 4.58. The van der Waals surface area contributed by atoms with Crippen LogP contribution in [0.5, 0.6) is 5.75 Å². The van der Waals surface area contributed by atoms with E-state index >= 15 is 0 Å². The fraction of sp³-hybridized carbons (Fsp3) is 0.333. The third-order valence-corrected chi connectivity index (χ3v) is 3.35. The Kier molecular flexibility index (Phi) is 2.97. The molecular formula is C15H17NO. The van der Waals surface area contributed by atoms with E-state index in [0.717, 1.165) is 18.9 Å². The van der Waals surface area contributed by atoms with Gasteiger partial charge in [0.1, 0.15) is 12.4 Å². The molecule has 1 fully saturated rings. The van der Waals surface area contributed by atoms with Gasteiger partial charge < -0.3 is 10.1 Å². The van der Waals surface area contributed by atoms with Gasteiger partial charge in [-0.3, -0.25) is 0 Å². The molecule has 1 N–H and O–H groups in total. The highest BCUT2D eigenvalue weighted by Gasteiger charge is 2.14. The smallest absolute Gasteiger partial charge is 0.127 e. The molecule has 3 rings (SSSR count). The lowest BCUT2D eigenvalue weighted by molar-refractivity contribution is 0.280. The first-order chi connectivity index (χ1) is 8.43. The summed E-state index contributed by atoms with van der Waals surface area (Å²) in [5.41, 5.74) is 0. The van der Waals surface area contributed by atoms with E-state index in [1.807, 2.05) is 0 Å². The fourth-order valence-corrected chi connectivity index (χ4v) is 2.41. The molecule has 2 aromatic carbocycles. The summed E-state index contributed by atoms with van der Waals surface area (Å²) in [6.45, 7) is 1.90. The molecule has 0 amide bonds. The zero-order chi connectivity index (χ0) is 11.5. The summed E-state index contributed by atoms with van der Waals surface area (Å²) in [6.07, 6.45) is 2.49. The maximum atomic E-state index is 5.94. The van der Waals surface area contributed by atoms with E-state index in [0.29, 0.717) is 6.04 Å². The van der Waals surface area contributed by atoms with Crippen molar-refractivity contribution in [2.45, 2.75) is 18.9 Å². The standard InChI is InChI=1S/C15H17NO/c1-2-8-14-12(5-1)6-3-9-15(14)17-11-13-7-4-10-16-13/h1-3,5-6,8-9,13,16H,4,7,10-11H2/t13-/m0/s1. The monoisotopic (exact) mass is 227 g/mol. The van der Waals surface area contributed by atoms with Crippen molar-refractivity contribution in [3.8, 4) is 5.75 Å². The Labute approximate surface area is 102 Å². The number of hydrogen-bond acceptors (Lipinski definition) is 2. The van der Waals surface area contributed by atoms with Gasteiger partial charge in [-0.25, -0.2) is 0 Å². The second kappa shape index (κ2) is 4.76. The van der Waals surface area contributed by atoms with E-state index < -0.39 is 0 Å². The minimum Gasteiger partial charge on any atom is -0.491 e. The molecule has 0 bridgehead atoms. The molecule has 0 aliphatic carbocycles. The molecule has 1 atom stereocenters. The molecule has 2 aromatic rings. The van der Waals surface area contributed by atoms with Gasteiger partial charge in [-0.05, 0) is 30.8 Å². The molecule has 0 aromatic heterocycles. The van der Waals surface area contributed by atoms with Crippen LogP contribution in [0.25, 0.3) is 10.8 Å². The maximum absolute atomic E-state index is 5.94. The largest absolute Gasteiger partial charge is 0.491 e. The highest BCUT2D eigenvalue weighted by Crippen LogP contribution is 2.25. The third-order valence-electron chi connectivity index (χ3n) is 3.35. The molecule has 0 saturated carbocycles. The predicted octanol–water partition coefficient (Wildman–Crippen LogP) is 2.97. The number of benzene rings is 2. The molecule has 2 nitrogen and oxygen atoms in total. The van der Waals surface area contributed by atoms with Crippen LogP contribution in [0.1, 0.15) is 12.8 Å². The van der Waals surface area contributed by atoms with Crippen molar-refractivity contribution in [2.75, 3.05) is 13.2 Å². The average molecular weight is 227 g/mol. The molecule has 88 valence electrons. The molecule has 0 unspecified atom stereocenters.